The third-order valence-electron chi connectivity index (χ3n) is 3.38. The van der Waals surface area contributed by atoms with Crippen molar-refractivity contribution in [2.24, 2.45) is 0 Å². The fourth-order valence-electron chi connectivity index (χ4n) is 2.12. The minimum absolute atomic E-state index is 0.166. The van der Waals surface area contributed by atoms with Crippen LogP contribution in [0.5, 0.6) is 5.75 Å². The number of carbonyl (C=O) groups is 2. The maximum Gasteiger partial charge on any atom is 0.326 e. The molecule has 0 bridgehead atoms. The average molecular weight is 331 g/mol. The summed E-state index contributed by atoms with van der Waals surface area (Å²) in [4.78, 5) is 35.2. The Bertz CT molecular complexity index is 844. The number of carboxylic acids is 1. The Morgan fingerprint density at radius 2 is 2.04 bits per heavy atom. The van der Waals surface area contributed by atoms with Gasteiger partial charge in [0.25, 0.3) is 11.5 Å². The fourth-order valence-corrected chi connectivity index (χ4v) is 2.12. The molecule has 24 heavy (non-hydrogen) atoms. The van der Waals surface area contributed by atoms with Crippen LogP contribution in [0.25, 0.3) is 5.69 Å². The van der Waals surface area contributed by atoms with Crippen LogP contribution in [0.15, 0.2) is 35.1 Å². The molecule has 0 spiro atoms. The Labute approximate surface area is 137 Å². The zero-order valence-electron chi connectivity index (χ0n) is 13.2. The molecule has 1 amide bonds. The Hall–Kier alpha value is -3.16. The number of aromatic nitrogens is 2. The Kier molecular flexibility index (Phi) is 4.98. The molecule has 8 heteroatoms. The van der Waals surface area contributed by atoms with Gasteiger partial charge in [0.05, 0.1) is 5.69 Å². The van der Waals surface area contributed by atoms with Gasteiger partial charge < -0.3 is 15.5 Å². The van der Waals surface area contributed by atoms with E-state index in [1.165, 1.54) is 0 Å². The predicted molar refractivity (Wildman–Crippen MR) is 85.4 cm³/mol. The standard InChI is InChI=1S/C16H17N3O5/c1-3-11(16(23)24)17-15(22)14-12(20)8-13(21)19(18-14)10-6-4-5-9(2)7-10/h4-8,11,20H,3H2,1-2H3,(H,17,22)(H,23,24). The average Bonchev–Trinajstić information content (AvgIpc) is 2.52. The molecule has 0 aliphatic rings. The van der Waals surface area contributed by atoms with Gasteiger partial charge in [-0.1, -0.05) is 19.1 Å². The topological polar surface area (TPSA) is 122 Å². The summed E-state index contributed by atoms with van der Waals surface area (Å²) in [7, 11) is 0. The molecule has 126 valence electrons. The van der Waals surface area contributed by atoms with Crippen LogP contribution in [0.4, 0.5) is 0 Å². The highest BCUT2D eigenvalue weighted by molar-refractivity contribution is 5.96. The van der Waals surface area contributed by atoms with Gasteiger partial charge in [-0.3, -0.25) is 9.59 Å². The Morgan fingerprint density at radius 1 is 1.33 bits per heavy atom. The van der Waals surface area contributed by atoms with Gasteiger partial charge >= 0.3 is 5.97 Å². The monoisotopic (exact) mass is 331 g/mol. The Morgan fingerprint density at radius 3 is 2.62 bits per heavy atom. The number of carboxylic acid groups (broad SMARTS) is 1. The number of aryl methyl sites for hydroxylation is 1. The smallest absolute Gasteiger partial charge is 0.326 e. The largest absolute Gasteiger partial charge is 0.505 e. The number of hydrogen-bond donors (Lipinski definition) is 3. The number of rotatable bonds is 5. The van der Waals surface area contributed by atoms with Gasteiger partial charge in [0.2, 0.25) is 0 Å². The fraction of sp³-hybridized carbons (Fsp3) is 0.250. The summed E-state index contributed by atoms with van der Waals surface area (Å²) in [5.74, 6) is -2.68. The highest BCUT2D eigenvalue weighted by atomic mass is 16.4. The van der Waals surface area contributed by atoms with Crippen molar-refractivity contribution in [3.8, 4) is 11.4 Å². The summed E-state index contributed by atoms with van der Waals surface area (Å²) in [5.41, 5.74) is 0.284. The number of aliphatic carboxylic acids is 1. The molecular weight excluding hydrogens is 314 g/mol. The van der Waals surface area contributed by atoms with Crippen molar-refractivity contribution in [1.82, 2.24) is 15.1 Å². The van der Waals surface area contributed by atoms with Crippen LogP contribution in [-0.4, -0.2) is 37.9 Å². The second-order valence-corrected chi connectivity index (χ2v) is 5.24. The van der Waals surface area contributed by atoms with Crippen LogP contribution in [-0.2, 0) is 4.79 Å². The van der Waals surface area contributed by atoms with Crippen LogP contribution in [0, 0.1) is 6.92 Å². The third kappa shape index (κ3) is 3.60. The first kappa shape index (κ1) is 17.2. The maximum absolute atomic E-state index is 12.2. The molecule has 1 heterocycles. The third-order valence-corrected chi connectivity index (χ3v) is 3.38. The number of benzene rings is 1. The number of hydrogen-bond acceptors (Lipinski definition) is 5. The lowest BCUT2D eigenvalue weighted by Crippen LogP contribution is -2.41. The van der Waals surface area contributed by atoms with E-state index >= 15 is 0 Å². The van der Waals surface area contributed by atoms with Crippen LogP contribution in [0.1, 0.15) is 29.4 Å². The first-order chi connectivity index (χ1) is 11.3. The van der Waals surface area contributed by atoms with E-state index in [0.717, 1.165) is 16.3 Å². The van der Waals surface area contributed by atoms with Crippen molar-refractivity contribution in [2.75, 3.05) is 0 Å². The molecule has 0 aliphatic heterocycles. The second kappa shape index (κ2) is 6.95. The van der Waals surface area contributed by atoms with Crippen molar-refractivity contribution >= 4 is 11.9 Å². The van der Waals surface area contributed by atoms with Gasteiger partial charge in [0.1, 0.15) is 6.04 Å². The number of aromatic hydroxyl groups is 1. The van der Waals surface area contributed by atoms with E-state index in [-0.39, 0.29) is 6.42 Å². The molecule has 2 aromatic rings. The van der Waals surface area contributed by atoms with Gasteiger partial charge in [-0.05, 0) is 31.0 Å². The van der Waals surface area contributed by atoms with Gasteiger partial charge in [-0.2, -0.15) is 9.78 Å². The van der Waals surface area contributed by atoms with E-state index in [1.807, 2.05) is 13.0 Å². The first-order valence-electron chi connectivity index (χ1n) is 7.27. The van der Waals surface area contributed by atoms with Gasteiger partial charge in [0.15, 0.2) is 11.4 Å². The normalized spacial score (nSPS) is 11.8. The summed E-state index contributed by atoms with van der Waals surface area (Å²) in [6.07, 6.45) is 0.166. The number of carbonyl (C=O) groups excluding carboxylic acids is 1. The molecule has 0 saturated heterocycles. The maximum atomic E-state index is 12.2. The highest BCUT2D eigenvalue weighted by Crippen LogP contribution is 2.14. The molecular formula is C16H17N3O5. The molecule has 0 saturated carbocycles. The lowest BCUT2D eigenvalue weighted by atomic mass is 10.2. The molecule has 1 aromatic heterocycles. The zero-order valence-corrected chi connectivity index (χ0v) is 13.2. The zero-order chi connectivity index (χ0) is 17.9. The van der Waals surface area contributed by atoms with Crippen molar-refractivity contribution in [2.45, 2.75) is 26.3 Å². The van der Waals surface area contributed by atoms with Gasteiger partial charge in [-0.15, -0.1) is 0 Å². The molecule has 3 N–H and O–H groups in total. The summed E-state index contributed by atoms with van der Waals surface area (Å²) < 4.78 is 0.976. The molecule has 0 fully saturated rings. The minimum Gasteiger partial charge on any atom is -0.505 e. The summed E-state index contributed by atoms with van der Waals surface area (Å²) >= 11 is 0. The van der Waals surface area contributed by atoms with E-state index in [9.17, 15) is 19.5 Å². The molecule has 0 radical (unpaired) electrons. The number of amides is 1. The van der Waals surface area contributed by atoms with E-state index < -0.39 is 34.9 Å². The minimum atomic E-state index is -1.20. The predicted octanol–water partition coefficient (Wildman–Crippen LogP) is 0.840. The van der Waals surface area contributed by atoms with Crippen LogP contribution in [0.3, 0.4) is 0 Å². The van der Waals surface area contributed by atoms with Crippen molar-refractivity contribution in [3.05, 3.63) is 51.9 Å². The SMILES string of the molecule is CCC(NC(=O)c1nn(-c2cccc(C)c2)c(=O)cc1O)C(=O)O. The Balaban J connectivity index is 2.45. The lowest BCUT2D eigenvalue weighted by molar-refractivity contribution is -0.139. The van der Waals surface area contributed by atoms with Crippen LogP contribution < -0.4 is 10.9 Å². The summed E-state index contributed by atoms with van der Waals surface area (Å²) in [5, 5.41) is 25.0. The molecule has 8 nitrogen and oxygen atoms in total. The highest BCUT2D eigenvalue weighted by Gasteiger charge is 2.23. The molecule has 0 aliphatic carbocycles. The van der Waals surface area contributed by atoms with Crippen LogP contribution in [0.2, 0.25) is 0 Å². The van der Waals surface area contributed by atoms with Gasteiger partial charge in [-0.25, -0.2) is 4.79 Å². The van der Waals surface area contributed by atoms with E-state index in [0.29, 0.717) is 5.69 Å². The lowest BCUT2D eigenvalue weighted by Gasteiger charge is -2.13. The number of nitrogens with zero attached hydrogens (tertiary/aromatic N) is 2. The second-order valence-electron chi connectivity index (χ2n) is 5.24. The molecule has 1 atom stereocenters. The molecule has 2 rings (SSSR count). The summed E-state index contributed by atoms with van der Waals surface area (Å²) in [6, 6.07) is 6.64. The van der Waals surface area contributed by atoms with Crippen molar-refractivity contribution in [3.63, 3.8) is 0 Å². The first-order valence-corrected chi connectivity index (χ1v) is 7.27. The van der Waals surface area contributed by atoms with Gasteiger partial charge in [0, 0.05) is 6.07 Å². The quantitative estimate of drug-likeness (QED) is 0.746. The van der Waals surface area contributed by atoms with E-state index in [1.54, 1.807) is 25.1 Å². The van der Waals surface area contributed by atoms with Crippen molar-refractivity contribution in [1.29, 1.82) is 0 Å². The van der Waals surface area contributed by atoms with E-state index in [4.69, 9.17) is 5.11 Å². The molecule has 1 aromatic carbocycles. The number of nitrogens with one attached hydrogen (secondary N) is 1. The van der Waals surface area contributed by atoms with Crippen molar-refractivity contribution < 1.29 is 19.8 Å². The molecule has 1 unspecified atom stereocenters. The summed E-state index contributed by atoms with van der Waals surface area (Å²) in [6.45, 7) is 3.43. The van der Waals surface area contributed by atoms with E-state index in [2.05, 4.69) is 10.4 Å². The van der Waals surface area contributed by atoms with Crippen LogP contribution >= 0.6 is 0 Å².